The first-order chi connectivity index (χ1) is 21.4. The van der Waals surface area contributed by atoms with E-state index in [0.29, 0.717) is 30.9 Å². The monoisotopic (exact) mass is 618 g/mol. The summed E-state index contributed by atoms with van der Waals surface area (Å²) < 4.78 is 10.3. The van der Waals surface area contributed by atoms with E-state index in [0.717, 1.165) is 31.2 Å². The Morgan fingerprint density at radius 2 is 1.89 bits per heavy atom. The van der Waals surface area contributed by atoms with Gasteiger partial charge < -0.3 is 24.4 Å². The zero-order valence-corrected chi connectivity index (χ0v) is 26.1. The number of likely N-dealkylation sites (tertiary alicyclic amines) is 1. The third-order valence-corrected chi connectivity index (χ3v) is 11.1. The minimum Gasteiger partial charge on any atom is -0.497 e. The van der Waals surface area contributed by atoms with Crippen molar-refractivity contribution in [1.29, 1.82) is 0 Å². The molecule has 3 heterocycles. The van der Waals surface area contributed by atoms with Crippen molar-refractivity contribution in [1.82, 2.24) is 4.90 Å². The molecule has 1 spiro atoms. The molecular formula is C35H42N2O6S. The number of aliphatic hydroxyl groups is 1. The fraction of sp³-hybridized carbons (Fsp3) is 0.457. The average molecular weight is 619 g/mol. The van der Waals surface area contributed by atoms with Gasteiger partial charge in [-0.1, -0.05) is 42.5 Å². The maximum Gasteiger partial charge on any atom is 0.310 e. The van der Waals surface area contributed by atoms with E-state index in [2.05, 4.69) is 13.2 Å². The predicted octanol–water partition coefficient (Wildman–Crippen LogP) is 4.81. The van der Waals surface area contributed by atoms with Crippen molar-refractivity contribution in [2.75, 3.05) is 31.8 Å². The highest BCUT2D eigenvalue weighted by Gasteiger charge is 2.74. The fourth-order valence-corrected chi connectivity index (χ4v) is 9.38. The van der Waals surface area contributed by atoms with Gasteiger partial charge in [0.2, 0.25) is 5.91 Å². The van der Waals surface area contributed by atoms with E-state index in [9.17, 15) is 19.5 Å². The highest BCUT2D eigenvalue weighted by molar-refractivity contribution is 8.02. The smallest absolute Gasteiger partial charge is 0.310 e. The highest BCUT2D eigenvalue weighted by Crippen LogP contribution is 2.67. The van der Waals surface area contributed by atoms with Crippen LogP contribution < -0.4 is 9.64 Å². The molecule has 9 heteroatoms. The Hall–Kier alpha value is -3.56. The number of fused-ring (bicyclic) bond motifs is 1. The Morgan fingerprint density at radius 1 is 1.14 bits per heavy atom. The lowest BCUT2D eigenvalue weighted by molar-refractivity contribution is -0.154. The van der Waals surface area contributed by atoms with Crippen LogP contribution in [-0.2, 0) is 25.5 Å². The summed E-state index contributed by atoms with van der Waals surface area (Å²) in [6.45, 7) is 7.84. The summed E-state index contributed by atoms with van der Waals surface area (Å²) in [4.78, 5) is 46.3. The Morgan fingerprint density at radius 3 is 2.55 bits per heavy atom. The number of ether oxygens (including phenoxy) is 2. The summed E-state index contributed by atoms with van der Waals surface area (Å²) in [6, 6.07) is 15.4. The lowest BCUT2D eigenvalue weighted by atomic mass is 9.71. The summed E-state index contributed by atoms with van der Waals surface area (Å²) in [6.07, 6.45) is 7.68. The third kappa shape index (κ3) is 5.92. The number of rotatable bonds is 15. The van der Waals surface area contributed by atoms with Crippen LogP contribution in [0.2, 0.25) is 0 Å². The molecule has 2 bridgehead atoms. The number of nitrogens with zero attached hydrogens (tertiary/aromatic N) is 2. The van der Waals surface area contributed by atoms with Gasteiger partial charge in [-0.05, 0) is 68.4 Å². The Balaban J connectivity index is 1.52. The van der Waals surface area contributed by atoms with E-state index in [1.807, 2.05) is 48.5 Å². The number of esters is 1. The van der Waals surface area contributed by atoms with Crippen LogP contribution in [0.1, 0.15) is 37.7 Å². The predicted molar refractivity (Wildman–Crippen MR) is 173 cm³/mol. The van der Waals surface area contributed by atoms with E-state index >= 15 is 0 Å². The van der Waals surface area contributed by atoms with E-state index < -0.39 is 28.7 Å². The molecule has 2 unspecified atom stereocenters. The molecule has 3 saturated heterocycles. The van der Waals surface area contributed by atoms with Crippen LogP contribution in [0.4, 0.5) is 5.69 Å². The average Bonchev–Trinajstić information content (AvgIpc) is 3.70. The zero-order valence-electron chi connectivity index (χ0n) is 25.3. The molecule has 2 amide bonds. The number of thioether (sulfide) groups is 1. The highest BCUT2D eigenvalue weighted by atomic mass is 32.2. The molecule has 0 aliphatic carbocycles. The largest absolute Gasteiger partial charge is 0.497 e. The number of carbonyl (C=O) groups is 3. The van der Waals surface area contributed by atoms with Crippen molar-refractivity contribution in [2.24, 2.45) is 11.8 Å². The summed E-state index contributed by atoms with van der Waals surface area (Å²) in [5.74, 6) is -1.54. The Kier molecular flexibility index (Phi) is 10.2. The quantitative estimate of drug-likeness (QED) is 0.174. The lowest BCUT2D eigenvalue weighted by Crippen LogP contribution is -2.58. The second-order valence-corrected chi connectivity index (χ2v) is 13.3. The molecular weight excluding hydrogens is 576 g/mol. The summed E-state index contributed by atoms with van der Waals surface area (Å²) in [5, 5.41) is 10.6. The molecule has 8 nitrogen and oxygen atoms in total. The number of carbonyl (C=O) groups excluding carboxylic acids is 3. The summed E-state index contributed by atoms with van der Waals surface area (Å²) in [7, 11) is 1.58. The van der Waals surface area contributed by atoms with Crippen LogP contribution in [0.3, 0.4) is 0 Å². The minimum absolute atomic E-state index is 0.0994. The SMILES string of the molecule is C=CCCCCOC(=O)[C@@H]1[C@@H]2CCC3(S2)C(C(=O)N(CC=C)c2ccc(OC)cc2)N([C@@H](CO)Cc2ccccc2)C(=O)[C@H]13. The zero-order chi connectivity index (χ0) is 31.3. The van der Waals surface area contributed by atoms with Crippen molar-refractivity contribution in [2.45, 2.75) is 60.6 Å². The standard InChI is InChI=1S/C35H42N2O6S/c1-4-6-7-11-21-43-34(41)29-28-18-19-35(44-28)30(29)32(39)37(26(23-38)22-24-12-9-8-10-13-24)31(35)33(40)36(20-5-2)25-14-16-27(42-3)17-15-25/h4-5,8-10,12-17,26,28-31,38H,1-2,6-7,11,18-23H2,3H3/t26-,28+,29-,30+,31?,35?/m1/s1. The van der Waals surface area contributed by atoms with Crippen LogP contribution in [0.15, 0.2) is 79.9 Å². The first-order valence-electron chi connectivity index (χ1n) is 15.4. The molecule has 2 aromatic carbocycles. The minimum atomic E-state index is -0.872. The number of aliphatic hydroxyl groups excluding tert-OH is 1. The van der Waals surface area contributed by atoms with Crippen LogP contribution in [0, 0.1) is 11.8 Å². The van der Waals surface area contributed by atoms with Crippen molar-refractivity contribution in [3.05, 3.63) is 85.5 Å². The molecule has 0 radical (unpaired) electrons. The Labute approximate surface area is 264 Å². The van der Waals surface area contributed by atoms with Gasteiger partial charge in [-0.2, -0.15) is 0 Å². The van der Waals surface area contributed by atoms with Crippen LogP contribution in [0.5, 0.6) is 5.75 Å². The number of hydrogen-bond donors (Lipinski definition) is 1. The molecule has 234 valence electrons. The van der Waals surface area contributed by atoms with Gasteiger partial charge in [0, 0.05) is 17.5 Å². The molecule has 3 aliphatic heterocycles. The number of methoxy groups -OCH3 is 1. The molecule has 3 aliphatic rings. The molecule has 1 N–H and O–H groups in total. The van der Waals surface area contributed by atoms with Gasteiger partial charge in [0.1, 0.15) is 11.8 Å². The fourth-order valence-electron chi connectivity index (χ4n) is 7.19. The second kappa shape index (κ2) is 14.0. The third-order valence-electron chi connectivity index (χ3n) is 9.17. The molecule has 6 atom stereocenters. The van der Waals surface area contributed by atoms with Gasteiger partial charge in [0.15, 0.2) is 0 Å². The topological polar surface area (TPSA) is 96.4 Å². The van der Waals surface area contributed by atoms with E-state index in [1.54, 1.807) is 46.9 Å². The van der Waals surface area contributed by atoms with E-state index in [4.69, 9.17) is 9.47 Å². The van der Waals surface area contributed by atoms with Crippen molar-refractivity contribution < 1.29 is 29.0 Å². The van der Waals surface area contributed by atoms with Gasteiger partial charge in [0.25, 0.3) is 5.91 Å². The number of benzene rings is 2. The van der Waals surface area contributed by atoms with Gasteiger partial charge in [0.05, 0.1) is 42.9 Å². The number of amides is 2. The molecule has 2 aromatic rings. The first-order valence-corrected chi connectivity index (χ1v) is 16.3. The number of allylic oxidation sites excluding steroid dienone is 1. The van der Waals surface area contributed by atoms with Gasteiger partial charge in [-0.25, -0.2) is 0 Å². The van der Waals surface area contributed by atoms with Crippen LogP contribution >= 0.6 is 11.8 Å². The van der Waals surface area contributed by atoms with Gasteiger partial charge in [-0.3, -0.25) is 14.4 Å². The van der Waals surface area contributed by atoms with Crippen molar-refractivity contribution >= 4 is 35.2 Å². The van der Waals surface area contributed by atoms with E-state index in [-0.39, 0.29) is 36.2 Å². The van der Waals surface area contributed by atoms with Gasteiger partial charge in [-0.15, -0.1) is 24.9 Å². The number of unbranched alkanes of at least 4 members (excludes halogenated alkanes) is 2. The molecule has 44 heavy (non-hydrogen) atoms. The maximum atomic E-state index is 14.8. The summed E-state index contributed by atoms with van der Waals surface area (Å²) >= 11 is 1.60. The molecule has 3 fully saturated rings. The van der Waals surface area contributed by atoms with Gasteiger partial charge >= 0.3 is 5.97 Å². The Bertz CT molecular complexity index is 1350. The number of hydrogen-bond acceptors (Lipinski definition) is 7. The maximum absolute atomic E-state index is 14.8. The lowest BCUT2D eigenvalue weighted by Gasteiger charge is -2.39. The van der Waals surface area contributed by atoms with Crippen molar-refractivity contribution in [3.8, 4) is 5.75 Å². The normalized spacial score (nSPS) is 25.8. The number of anilines is 1. The van der Waals surface area contributed by atoms with E-state index in [1.165, 1.54) is 0 Å². The first kappa shape index (κ1) is 31.9. The van der Waals surface area contributed by atoms with Crippen molar-refractivity contribution in [3.63, 3.8) is 0 Å². The molecule has 0 saturated carbocycles. The van der Waals surface area contributed by atoms with Crippen LogP contribution in [0.25, 0.3) is 0 Å². The second-order valence-electron chi connectivity index (χ2n) is 11.7. The van der Waals surface area contributed by atoms with Crippen LogP contribution in [-0.4, -0.2) is 76.7 Å². The molecule has 0 aromatic heterocycles. The molecule has 5 rings (SSSR count). The summed E-state index contributed by atoms with van der Waals surface area (Å²) in [5.41, 5.74) is 1.60.